The van der Waals surface area contributed by atoms with E-state index in [1.807, 2.05) is 34.6 Å². The third-order valence-corrected chi connectivity index (χ3v) is 0.478. The predicted octanol–water partition coefficient (Wildman–Crippen LogP) is 3.78. The van der Waals surface area contributed by atoms with E-state index < -0.39 is 0 Å². The standard InChI is InChI=1S/C6H10O.2C2H6/c1-3-5-6-7-4-2;2*1-2/h3,5-6H,1,4H2,2H3;2*1-2H3/b6-5-;;. The van der Waals surface area contributed by atoms with E-state index in [9.17, 15) is 0 Å². The quantitative estimate of drug-likeness (QED) is 0.448. The lowest BCUT2D eigenvalue weighted by Gasteiger charge is -1.87. The molecule has 0 radical (unpaired) electrons. The van der Waals surface area contributed by atoms with Gasteiger partial charge in [0.05, 0.1) is 12.9 Å². The van der Waals surface area contributed by atoms with Gasteiger partial charge in [0.1, 0.15) is 0 Å². The van der Waals surface area contributed by atoms with Gasteiger partial charge in [0.15, 0.2) is 0 Å². The van der Waals surface area contributed by atoms with Gasteiger partial charge in [-0.3, -0.25) is 0 Å². The lowest BCUT2D eigenvalue weighted by Crippen LogP contribution is -1.73. The molecular weight excluding hydrogens is 136 g/mol. The van der Waals surface area contributed by atoms with Gasteiger partial charge in [0, 0.05) is 0 Å². The molecule has 0 N–H and O–H groups in total. The average molecular weight is 158 g/mol. The van der Waals surface area contributed by atoms with Gasteiger partial charge in [0.25, 0.3) is 0 Å². The van der Waals surface area contributed by atoms with Gasteiger partial charge >= 0.3 is 0 Å². The first-order valence-corrected chi connectivity index (χ1v) is 4.31. The van der Waals surface area contributed by atoms with Gasteiger partial charge in [-0.2, -0.15) is 0 Å². The first-order chi connectivity index (χ1) is 5.41. The molecule has 0 rings (SSSR count). The van der Waals surface area contributed by atoms with Crippen LogP contribution in [0.4, 0.5) is 0 Å². The molecular formula is C10H22O. The third kappa shape index (κ3) is 45.7. The molecule has 0 aromatic heterocycles. The van der Waals surface area contributed by atoms with Crippen LogP contribution in [0.2, 0.25) is 0 Å². The van der Waals surface area contributed by atoms with Gasteiger partial charge in [-0.05, 0) is 13.0 Å². The number of rotatable bonds is 3. The van der Waals surface area contributed by atoms with Crippen LogP contribution in [-0.2, 0) is 4.74 Å². The Labute approximate surface area is 71.8 Å². The Bertz CT molecular complexity index is 65.3. The van der Waals surface area contributed by atoms with Crippen molar-refractivity contribution < 1.29 is 4.74 Å². The van der Waals surface area contributed by atoms with Crippen molar-refractivity contribution in [1.29, 1.82) is 0 Å². The van der Waals surface area contributed by atoms with E-state index in [4.69, 9.17) is 4.74 Å². The minimum absolute atomic E-state index is 0.727. The molecule has 0 saturated carbocycles. The van der Waals surface area contributed by atoms with Crippen LogP contribution in [-0.4, -0.2) is 6.61 Å². The summed E-state index contributed by atoms with van der Waals surface area (Å²) in [7, 11) is 0. The lowest BCUT2D eigenvalue weighted by molar-refractivity contribution is 0.269. The summed E-state index contributed by atoms with van der Waals surface area (Å²) < 4.78 is 4.82. The van der Waals surface area contributed by atoms with Crippen molar-refractivity contribution in [2.75, 3.05) is 6.61 Å². The third-order valence-electron chi connectivity index (χ3n) is 0.478. The van der Waals surface area contributed by atoms with E-state index >= 15 is 0 Å². The topological polar surface area (TPSA) is 9.23 Å². The van der Waals surface area contributed by atoms with Crippen LogP contribution in [0.25, 0.3) is 0 Å². The highest BCUT2D eigenvalue weighted by atomic mass is 16.5. The van der Waals surface area contributed by atoms with Crippen LogP contribution in [0.1, 0.15) is 34.6 Å². The van der Waals surface area contributed by atoms with E-state index in [-0.39, 0.29) is 0 Å². The Hall–Kier alpha value is -0.720. The maximum Gasteiger partial charge on any atom is 0.0845 e. The normalized spacial score (nSPS) is 7.00. The Kier molecular flexibility index (Phi) is 52.7. The molecule has 0 heterocycles. The maximum atomic E-state index is 4.82. The molecule has 0 saturated heterocycles. The summed E-state index contributed by atoms with van der Waals surface area (Å²) in [6, 6.07) is 0. The van der Waals surface area contributed by atoms with Crippen molar-refractivity contribution >= 4 is 0 Å². The van der Waals surface area contributed by atoms with Crippen LogP contribution >= 0.6 is 0 Å². The monoisotopic (exact) mass is 158 g/mol. The van der Waals surface area contributed by atoms with Gasteiger partial charge in [0.2, 0.25) is 0 Å². The zero-order valence-corrected chi connectivity index (χ0v) is 8.55. The summed E-state index contributed by atoms with van der Waals surface area (Å²) in [5, 5.41) is 0. The molecule has 0 aliphatic rings. The summed E-state index contributed by atoms with van der Waals surface area (Å²) in [6.07, 6.45) is 5.05. The molecule has 0 aromatic carbocycles. The average Bonchev–Trinajstić information content (AvgIpc) is 2.13. The van der Waals surface area contributed by atoms with Crippen molar-refractivity contribution in [1.82, 2.24) is 0 Å². The van der Waals surface area contributed by atoms with E-state index in [1.54, 1.807) is 18.4 Å². The molecule has 0 fully saturated rings. The summed E-state index contributed by atoms with van der Waals surface area (Å²) in [5.74, 6) is 0. The highest BCUT2D eigenvalue weighted by molar-refractivity contribution is 4.92. The van der Waals surface area contributed by atoms with E-state index in [0.29, 0.717) is 0 Å². The van der Waals surface area contributed by atoms with Crippen LogP contribution in [0.3, 0.4) is 0 Å². The first kappa shape index (κ1) is 16.7. The molecule has 0 bridgehead atoms. The Balaban J connectivity index is -0.000000138. The molecule has 0 aliphatic heterocycles. The van der Waals surface area contributed by atoms with Crippen molar-refractivity contribution in [3.05, 3.63) is 25.0 Å². The summed E-state index contributed by atoms with van der Waals surface area (Å²) in [5.41, 5.74) is 0. The molecule has 0 spiro atoms. The predicted molar refractivity (Wildman–Crippen MR) is 53.7 cm³/mol. The molecule has 0 aliphatic carbocycles. The molecule has 0 amide bonds. The fourth-order valence-electron chi connectivity index (χ4n) is 0.207. The van der Waals surface area contributed by atoms with Crippen molar-refractivity contribution in [3.63, 3.8) is 0 Å². The molecule has 0 aromatic rings. The van der Waals surface area contributed by atoms with Gasteiger partial charge < -0.3 is 4.74 Å². The zero-order chi connectivity index (χ0) is 9.54. The second kappa shape index (κ2) is 34.7. The fourth-order valence-corrected chi connectivity index (χ4v) is 0.207. The first-order valence-electron chi connectivity index (χ1n) is 4.31. The molecule has 11 heavy (non-hydrogen) atoms. The van der Waals surface area contributed by atoms with Crippen LogP contribution in [0, 0.1) is 0 Å². The second-order valence-corrected chi connectivity index (χ2v) is 1.02. The van der Waals surface area contributed by atoms with Crippen LogP contribution in [0.15, 0.2) is 25.0 Å². The van der Waals surface area contributed by atoms with E-state index in [2.05, 4.69) is 6.58 Å². The molecule has 68 valence electrons. The highest BCUT2D eigenvalue weighted by Gasteiger charge is 1.61. The van der Waals surface area contributed by atoms with E-state index in [0.717, 1.165) is 6.61 Å². The number of allylic oxidation sites excluding steroid dienone is 2. The Morgan fingerprint density at radius 3 is 1.91 bits per heavy atom. The minimum atomic E-state index is 0.727. The molecule has 0 unspecified atom stereocenters. The van der Waals surface area contributed by atoms with Crippen molar-refractivity contribution in [3.8, 4) is 0 Å². The summed E-state index contributed by atoms with van der Waals surface area (Å²) in [4.78, 5) is 0. The van der Waals surface area contributed by atoms with Crippen LogP contribution in [0.5, 0.6) is 0 Å². The smallest absolute Gasteiger partial charge is 0.0845 e. The summed E-state index contributed by atoms with van der Waals surface area (Å²) >= 11 is 0. The lowest BCUT2D eigenvalue weighted by atomic mass is 10.6. The molecule has 1 nitrogen and oxygen atoms in total. The van der Waals surface area contributed by atoms with Crippen molar-refractivity contribution in [2.45, 2.75) is 34.6 Å². The van der Waals surface area contributed by atoms with Crippen LogP contribution < -0.4 is 0 Å². The highest BCUT2D eigenvalue weighted by Crippen LogP contribution is 1.74. The fraction of sp³-hybridized carbons (Fsp3) is 0.600. The SMILES string of the molecule is C=C/C=C\OCC.CC.CC. The molecule has 1 heteroatoms. The maximum absolute atomic E-state index is 4.82. The van der Waals surface area contributed by atoms with E-state index in [1.165, 1.54) is 0 Å². The minimum Gasteiger partial charge on any atom is -0.501 e. The van der Waals surface area contributed by atoms with Gasteiger partial charge in [-0.25, -0.2) is 0 Å². The second-order valence-electron chi connectivity index (χ2n) is 1.02. The Morgan fingerprint density at radius 2 is 1.64 bits per heavy atom. The Morgan fingerprint density at radius 1 is 1.18 bits per heavy atom. The number of ether oxygens (including phenoxy) is 1. The summed E-state index contributed by atoms with van der Waals surface area (Å²) in [6.45, 7) is 14.1. The van der Waals surface area contributed by atoms with Crippen molar-refractivity contribution in [2.24, 2.45) is 0 Å². The van der Waals surface area contributed by atoms with Gasteiger partial charge in [-0.1, -0.05) is 40.3 Å². The zero-order valence-electron chi connectivity index (χ0n) is 8.55. The number of hydrogen-bond donors (Lipinski definition) is 0. The largest absolute Gasteiger partial charge is 0.501 e. The number of hydrogen-bond acceptors (Lipinski definition) is 1. The van der Waals surface area contributed by atoms with Gasteiger partial charge in [-0.15, -0.1) is 0 Å². The molecule has 0 atom stereocenters.